The van der Waals surface area contributed by atoms with Crippen LogP contribution in [0.2, 0.25) is 0 Å². The number of anilines is 1. The van der Waals surface area contributed by atoms with E-state index in [0.717, 1.165) is 16.6 Å². The standard InChI is InChI=1S/C20H17F3N4O2.C2H6S/c1-29-17-7-3-2-6-15(17)25-8-4-5-13-9-14(19(24)28)18-16(10-13)27(12-26-18)11-20(21,22)23;1-3-2/h2-3,6-7,9-10,12,25H,8,11H2,1H3,(H2,24,28);1-2H3. The van der Waals surface area contributed by atoms with Crippen molar-refractivity contribution < 1.29 is 22.7 Å². The number of hydrogen-bond donors (Lipinski definition) is 2. The fraction of sp³-hybridized carbons (Fsp3) is 0.273. The van der Waals surface area contributed by atoms with Crippen molar-refractivity contribution in [2.45, 2.75) is 12.7 Å². The molecule has 6 nitrogen and oxygen atoms in total. The highest BCUT2D eigenvalue weighted by atomic mass is 32.2. The molecule has 1 heterocycles. The highest BCUT2D eigenvalue weighted by Crippen LogP contribution is 2.25. The molecular weight excluding hydrogens is 441 g/mol. The number of amides is 1. The number of halogens is 3. The third-order valence-corrected chi connectivity index (χ3v) is 4.05. The summed E-state index contributed by atoms with van der Waals surface area (Å²) >= 11 is 1.75. The lowest BCUT2D eigenvalue weighted by Gasteiger charge is -2.09. The highest BCUT2D eigenvalue weighted by Gasteiger charge is 2.29. The number of hydrogen-bond acceptors (Lipinski definition) is 5. The van der Waals surface area contributed by atoms with E-state index in [0.29, 0.717) is 11.3 Å². The number of carbonyl (C=O) groups is 1. The Hall–Kier alpha value is -3.32. The first-order valence-corrected chi connectivity index (χ1v) is 10.9. The van der Waals surface area contributed by atoms with E-state index in [1.165, 1.54) is 12.1 Å². The Labute approximate surface area is 188 Å². The summed E-state index contributed by atoms with van der Waals surface area (Å²) in [7, 11) is 1.55. The molecule has 0 saturated carbocycles. The average molecular weight is 465 g/mol. The lowest BCUT2D eigenvalue weighted by molar-refractivity contribution is -0.139. The average Bonchev–Trinajstić information content (AvgIpc) is 3.12. The minimum Gasteiger partial charge on any atom is -0.495 e. The second kappa shape index (κ2) is 11.3. The number of methoxy groups -OCH3 is 1. The number of para-hydroxylation sites is 2. The van der Waals surface area contributed by atoms with E-state index in [-0.39, 0.29) is 23.1 Å². The SMILES string of the molecule is COc1ccccc1NCC#Cc1cc(C(N)=O)c2ncn(CC(F)(F)F)c2c1.CSC. The zero-order valence-corrected chi connectivity index (χ0v) is 18.6. The summed E-state index contributed by atoms with van der Waals surface area (Å²) in [5.74, 6) is 5.57. The van der Waals surface area contributed by atoms with E-state index in [1.54, 1.807) is 24.9 Å². The molecule has 0 fully saturated rings. The van der Waals surface area contributed by atoms with Crippen LogP contribution in [-0.4, -0.2) is 47.8 Å². The third-order valence-electron chi connectivity index (χ3n) is 4.05. The molecule has 3 rings (SSSR count). The molecule has 1 amide bonds. The molecule has 10 heteroatoms. The van der Waals surface area contributed by atoms with Gasteiger partial charge in [-0.2, -0.15) is 24.9 Å². The van der Waals surface area contributed by atoms with Crippen LogP contribution >= 0.6 is 11.8 Å². The summed E-state index contributed by atoms with van der Waals surface area (Å²) in [6.07, 6.45) is 0.686. The van der Waals surface area contributed by atoms with Gasteiger partial charge in [0.2, 0.25) is 0 Å². The van der Waals surface area contributed by atoms with Crippen LogP contribution in [0.25, 0.3) is 11.0 Å². The van der Waals surface area contributed by atoms with Crippen LogP contribution in [0, 0.1) is 11.8 Å². The highest BCUT2D eigenvalue weighted by molar-refractivity contribution is 7.97. The topological polar surface area (TPSA) is 82.2 Å². The number of primary amides is 1. The number of carbonyl (C=O) groups excluding carboxylic acids is 1. The summed E-state index contributed by atoms with van der Waals surface area (Å²) in [6.45, 7) is -0.972. The zero-order chi connectivity index (χ0) is 23.7. The molecule has 3 aromatic rings. The summed E-state index contributed by atoms with van der Waals surface area (Å²) in [4.78, 5) is 15.6. The number of nitrogens with two attached hydrogens (primary N) is 1. The van der Waals surface area contributed by atoms with Crippen LogP contribution in [0.15, 0.2) is 42.7 Å². The molecule has 2 aromatic carbocycles. The summed E-state index contributed by atoms with van der Waals surface area (Å²) < 4.78 is 44.5. The van der Waals surface area contributed by atoms with Gasteiger partial charge in [0.05, 0.1) is 36.7 Å². The maximum atomic E-state index is 12.8. The van der Waals surface area contributed by atoms with Gasteiger partial charge < -0.3 is 20.4 Å². The van der Waals surface area contributed by atoms with Crippen molar-refractivity contribution in [2.24, 2.45) is 5.73 Å². The molecule has 0 aliphatic heterocycles. The van der Waals surface area contributed by atoms with Crippen molar-refractivity contribution in [3.8, 4) is 17.6 Å². The minimum absolute atomic E-state index is 0.0189. The zero-order valence-electron chi connectivity index (χ0n) is 17.8. The Bertz CT molecular complexity index is 1130. The van der Waals surface area contributed by atoms with Gasteiger partial charge in [-0.3, -0.25) is 4.79 Å². The fourth-order valence-electron chi connectivity index (χ4n) is 2.82. The molecule has 170 valence electrons. The Morgan fingerprint density at radius 2 is 1.97 bits per heavy atom. The minimum atomic E-state index is -4.43. The summed E-state index contributed by atoms with van der Waals surface area (Å²) in [6, 6.07) is 10.2. The van der Waals surface area contributed by atoms with E-state index in [2.05, 4.69) is 22.1 Å². The van der Waals surface area contributed by atoms with Gasteiger partial charge in [0.15, 0.2) is 0 Å². The molecule has 0 atom stereocenters. The van der Waals surface area contributed by atoms with E-state index >= 15 is 0 Å². The summed E-state index contributed by atoms with van der Waals surface area (Å²) in [5.41, 5.74) is 6.74. The maximum absolute atomic E-state index is 12.8. The molecule has 0 unspecified atom stereocenters. The van der Waals surface area contributed by atoms with Gasteiger partial charge in [0.1, 0.15) is 17.8 Å². The number of alkyl halides is 3. The summed E-state index contributed by atoms with van der Waals surface area (Å²) in [5, 5.41) is 3.09. The van der Waals surface area contributed by atoms with Gasteiger partial charge in [0, 0.05) is 5.56 Å². The molecule has 3 N–H and O–H groups in total. The van der Waals surface area contributed by atoms with Crippen molar-refractivity contribution in [1.82, 2.24) is 9.55 Å². The van der Waals surface area contributed by atoms with Crippen LogP contribution in [0.3, 0.4) is 0 Å². The fourth-order valence-corrected chi connectivity index (χ4v) is 2.82. The van der Waals surface area contributed by atoms with Crippen molar-refractivity contribution in [3.05, 3.63) is 53.9 Å². The number of ether oxygens (including phenoxy) is 1. The number of benzene rings is 2. The van der Waals surface area contributed by atoms with Gasteiger partial charge >= 0.3 is 6.18 Å². The first kappa shape index (κ1) is 24.9. The van der Waals surface area contributed by atoms with Crippen LogP contribution in [0.4, 0.5) is 18.9 Å². The lowest BCUT2D eigenvalue weighted by atomic mass is 10.1. The molecule has 0 radical (unpaired) electrons. The van der Waals surface area contributed by atoms with Crippen molar-refractivity contribution in [1.29, 1.82) is 0 Å². The number of nitrogens with zero attached hydrogens (tertiary/aromatic N) is 2. The van der Waals surface area contributed by atoms with Crippen molar-refractivity contribution >= 4 is 34.4 Å². The maximum Gasteiger partial charge on any atom is 0.406 e. The third kappa shape index (κ3) is 6.85. The first-order chi connectivity index (χ1) is 15.2. The predicted octanol–water partition coefficient (Wildman–Crippen LogP) is 4.15. The van der Waals surface area contributed by atoms with Crippen LogP contribution < -0.4 is 15.8 Å². The van der Waals surface area contributed by atoms with Gasteiger partial charge in [-0.05, 0) is 36.8 Å². The quantitative estimate of drug-likeness (QED) is 0.555. The number of thioether (sulfide) groups is 1. The first-order valence-electron chi connectivity index (χ1n) is 9.31. The molecule has 0 aliphatic rings. The molecule has 0 bridgehead atoms. The largest absolute Gasteiger partial charge is 0.495 e. The molecule has 0 aliphatic carbocycles. The molecule has 0 saturated heterocycles. The second-order valence-corrected chi connectivity index (χ2v) is 7.32. The number of rotatable bonds is 5. The van der Waals surface area contributed by atoms with Crippen LogP contribution in [0.1, 0.15) is 15.9 Å². The van der Waals surface area contributed by atoms with Crippen LogP contribution in [-0.2, 0) is 6.54 Å². The van der Waals surface area contributed by atoms with E-state index < -0.39 is 18.6 Å². The Morgan fingerprint density at radius 3 is 2.59 bits per heavy atom. The van der Waals surface area contributed by atoms with E-state index in [1.807, 2.05) is 30.7 Å². The normalized spacial score (nSPS) is 10.6. The molecule has 1 aromatic heterocycles. The van der Waals surface area contributed by atoms with Crippen LogP contribution in [0.5, 0.6) is 5.75 Å². The van der Waals surface area contributed by atoms with Gasteiger partial charge in [-0.1, -0.05) is 24.0 Å². The smallest absolute Gasteiger partial charge is 0.406 e. The number of imidazole rings is 1. The Balaban J connectivity index is 0.00000114. The second-order valence-electron chi connectivity index (χ2n) is 6.51. The Kier molecular flexibility index (Phi) is 8.84. The monoisotopic (exact) mass is 464 g/mol. The predicted molar refractivity (Wildman–Crippen MR) is 122 cm³/mol. The van der Waals surface area contributed by atoms with Crippen molar-refractivity contribution in [2.75, 3.05) is 31.5 Å². The van der Waals surface area contributed by atoms with Crippen molar-refractivity contribution in [3.63, 3.8) is 0 Å². The molecular formula is C22H23F3N4O2S. The lowest BCUT2D eigenvalue weighted by Crippen LogP contribution is -2.17. The van der Waals surface area contributed by atoms with Gasteiger partial charge in [-0.25, -0.2) is 4.98 Å². The van der Waals surface area contributed by atoms with E-state index in [9.17, 15) is 18.0 Å². The van der Waals surface area contributed by atoms with Gasteiger partial charge in [-0.15, -0.1) is 0 Å². The van der Waals surface area contributed by atoms with Gasteiger partial charge in [0.25, 0.3) is 5.91 Å². The Morgan fingerprint density at radius 1 is 1.28 bits per heavy atom. The molecule has 0 spiro atoms. The number of aromatic nitrogens is 2. The van der Waals surface area contributed by atoms with E-state index in [4.69, 9.17) is 10.5 Å². The number of nitrogens with one attached hydrogen (secondary N) is 1. The number of fused-ring (bicyclic) bond motifs is 1. The molecule has 32 heavy (non-hydrogen) atoms.